The van der Waals surface area contributed by atoms with Crippen LogP contribution in [0.1, 0.15) is 32.2 Å². The molecule has 0 spiro atoms. The molecule has 0 bridgehead atoms. The van der Waals surface area contributed by atoms with Crippen LogP contribution in [0.25, 0.3) is 0 Å². The van der Waals surface area contributed by atoms with Gasteiger partial charge < -0.3 is 10.0 Å². The zero-order valence-corrected chi connectivity index (χ0v) is 13.7. The molecule has 2 aromatic rings. The van der Waals surface area contributed by atoms with Crippen LogP contribution in [0.15, 0.2) is 18.2 Å². The molecular formula is C16H22FN5O. The Morgan fingerprint density at radius 1 is 1.35 bits per heavy atom. The number of hydrogen-bond acceptors (Lipinski definition) is 5. The van der Waals surface area contributed by atoms with Crippen LogP contribution in [0.2, 0.25) is 0 Å². The summed E-state index contributed by atoms with van der Waals surface area (Å²) in [6.45, 7) is 7.14. The van der Waals surface area contributed by atoms with E-state index in [4.69, 9.17) is 0 Å². The molecule has 1 aromatic heterocycles. The first kappa shape index (κ1) is 15.9. The van der Waals surface area contributed by atoms with Gasteiger partial charge in [-0.05, 0) is 49.2 Å². The first-order chi connectivity index (χ1) is 10.9. The summed E-state index contributed by atoms with van der Waals surface area (Å²) >= 11 is 0. The highest BCUT2D eigenvalue weighted by Gasteiger charge is 2.29. The number of benzene rings is 1. The number of aliphatic hydroxyl groups excluding tert-OH is 1. The Morgan fingerprint density at radius 2 is 2.13 bits per heavy atom. The second kappa shape index (κ2) is 5.88. The Labute approximate surface area is 134 Å². The van der Waals surface area contributed by atoms with E-state index in [1.807, 2.05) is 31.7 Å². The Bertz CT molecular complexity index is 694. The van der Waals surface area contributed by atoms with E-state index in [9.17, 15) is 9.50 Å². The highest BCUT2D eigenvalue weighted by molar-refractivity contribution is 5.57. The minimum atomic E-state index is -0.247. The number of nitrogens with zero attached hydrogens (tertiary/aromatic N) is 5. The van der Waals surface area contributed by atoms with Crippen LogP contribution in [-0.2, 0) is 18.5 Å². The summed E-state index contributed by atoms with van der Waals surface area (Å²) in [5.41, 5.74) is 1.27. The fraction of sp³-hybridized carbons (Fsp3) is 0.562. The second-order valence-corrected chi connectivity index (χ2v) is 7.06. The normalized spacial score (nSPS) is 18.1. The van der Waals surface area contributed by atoms with Gasteiger partial charge in [-0.15, -0.1) is 5.10 Å². The largest absolute Gasteiger partial charge is 0.396 e. The Hall–Kier alpha value is -2.02. The van der Waals surface area contributed by atoms with Crippen LogP contribution < -0.4 is 4.90 Å². The third-order valence-electron chi connectivity index (χ3n) is 4.13. The Balaban J connectivity index is 1.96. The molecule has 1 aromatic carbocycles. The molecule has 0 aliphatic carbocycles. The zero-order valence-electron chi connectivity index (χ0n) is 13.7. The summed E-state index contributed by atoms with van der Waals surface area (Å²) in [6, 6.07) is 5.10. The standard InChI is InChI=1S/C16H22FN5O/c1-16(2,3)22-14(18-19-20-22)9-21-8-11(10-23)7-12-5-4-6-13(17)15(12)21/h4-6,11,23H,7-10H2,1-3H3. The minimum Gasteiger partial charge on any atom is -0.396 e. The van der Waals surface area contributed by atoms with Crippen LogP contribution >= 0.6 is 0 Å². The van der Waals surface area contributed by atoms with E-state index < -0.39 is 0 Å². The van der Waals surface area contributed by atoms with Gasteiger partial charge in [0.05, 0.1) is 17.8 Å². The molecule has 0 saturated heterocycles. The van der Waals surface area contributed by atoms with E-state index in [1.54, 1.807) is 10.7 Å². The molecule has 0 fully saturated rings. The number of hydrogen-bond donors (Lipinski definition) is 1. The molecule has 0 saturated carbocycles. The zero-order chi connectivity index (χ0) is 16.6. The summed E-state index contributed by atoms with van der Waals surface area (Å²) in [5, 5.41) is 21.5. The van der Waals surface area contributed by atoms with Crippen molar-refractivity contribution in [1.82, 2.24) is 20.2 Å². The fourth-order valence-electron chi connectivity index (χ4n) is 3.12. The maximum Gasteiger partial charge on any atom is 0.171 e. The lowest BCUT2D eigenvalue weighted by Crippen LogP contribution is -2.39. The molecule has 7 heteroatoms. The molecule has 1 aliphatic heterocycles. The van der Waals surface area contributed by atoms with Gasteiger partial charge in [-0.25, -0.2) is 9.07 Å². The SMILES string of the molecule is CC(C)(C)n1nnnc1CN1CC(CO)Cc2cccc(F)c21. The van der Waals surface area contributed by atoms with E-state index in [1.165, 1.54) is 6.07 Å². The van der Waals surface area contributed by atoms with Crippen LogP contribution in [0.4, 0.5) is 10.1 Å². The number of aromatic nitrogens is 4. The lowest BCUT2D eigenvalue weighted by molar-refractivity contribution is 0.222. The van der Waals surface area contributed by atoms with Crippen molar-refractivity contribution in [2.45, 2.75) is 39.3 Å². The summed E-state index contributed by atoms with van der Waals surface area (Å²) < 4.78 is 16.1. The van der Waals surface area contributed by atoms with E-state index in [2.05, 4.69) is 15.5 Å². The fourth-order valence-corrected chi connectivity index (χ4v) is 3.12. The van der Waals surface area contributed by atoms with Gasteiger partial charge in [0.25, 0.3) is 0 Å². The van der Waals surface area contributed by atoms with Crippen molar-refractivity contribution in [2.75, 3.05) is 18.1 Å². The first-order valence-corrected chi connectivity index (χ1v) is 7.81. The molecule has 3 rings (SSSR count). The molecule has 1 aliphatic rings. The predicted molar refractivity (Wildman–Crippen MR) is 84.5 cm³/mol. The average molecular weight is 319 g/mol. The minimum absolute atomic E-state index is 0.0800. The first-order valence-electron chi connectivity index (χ1n) is 7.81. The molecule has 6 nitrogen and oxygen atoms in total. The van der Waals surface area contributed by atoms with E-state index in [-0.39, 0.29) is 23.9 Å². The highest BCUT2D eigenvalue weighted by atomic mass is 19.1. The maximum atomic E-state index is 14.4. The molecule has 1 N–H and O–H groups in total. The van der Waals surface area contributed by atoms with Crippen LogP contribution in [0.3, 0.4) is 0 Å². The lowest BCUT2D eigenvalue weighted by atomic mass is 9.92. The number of anilines is 1. The monoisotopic (exact) mass is 319 g/mol. The molecule has 1 atom stereocenters. The number of fused-ring (bicyclic) bond motifs is 1. The van der Waals surface area contributed by atoms with E-state index in [0.29, 0.717) is 31.0 Å². The van der Waals surface area contributed by atoms with Crippen LogP contribution in [-0.4, -0.2) is 38.5 Å². The van der Waals surface area contributed by atoms with Crippen LogP contribution in [0, 0.1) is 11.7 Å². The average Bonchev–Trinajstić information content (AvgIpc) is 2.95. The van der Waals surface area contributed by atoms with Crippen molar-refractivity contribution in [2.24, 2.45) is 5.92 Å². The van der Waals surface area contributed by atoms with Gasteiger partial charge in [0.2, 0.25) is 0 Å². The molecule has 1 unspecified atom stereocenters. The maximum absolute atomic E-state index is 14.4. The number of aliphatic hydroxyl groups is 1. The van der Waals surface area contributed by atoms with Gasteiger partial charge in [-0.1, -0.05) is 12.1 Å². The van der Waals surface area contributed by atoms with Crippen molar-refractivity contribution in [1.29, 1.82) is 0 Å². The summed E-state index contributed by atoms with van der Waals surface area (Å²) in [5.74, 6) is 0.530. The third kappa shape index (κ3) is 3.06. The van der Waals surface area contributed by atoms with Crippen molar-refractivity contribution in [3.05, 3.63) is 35.4 Å². The molecular weight excluding hydrogens is 297 g/mol. The Morgan fingerprint density at radius 3 is 2.83 bits per heavy atom. The summed E-state index contributed by atoms with van der Waals surface area (Å²) in [6.07, 6.45) is 0.685. The van der Waals surface area contributed by atoms with Crippen molar-refractivity contribution in [3.63, 3.8) is 0 Å². The number of rotatable bonds is 3. The van der Waals surface area contributed by atoms with Gasteiger partial charge in [0.15, 0.2) is 5.82 Å². The molecule has 23 heavy (non-hydrogen) atoms. The van der Waals surface area contributed by atoms with Gasteiger partial charge in [0, 0.05) is 19.1 Å². The van der Waals surface area contributed by atoms with Crippen LogP contribution in [0.5, 0.6) is 0 Å². The lowest BCUT2D eigenvalue weighted by Gasteiger charge is -2.35. The van der Waals surface area contributed by atoms with Crippen molar-refractivity contribution in [3.8, 4) is 0 Å². The van der Waals surface area contributed by atoms with Crippen molar-refractivity contribution < 1.29 is 9.50 Å². The molecule has 0 amide bonds. The highest BCUT2D eigenvalue weighted by Crippen LogP contribution is 2.33. The molecule has 124 valence electrons. The van der Waals surface area contributed by atoms with Gasteiger partial charge in [0.1, 0.15) is 5.82 Å². The number of tetrazole rings is 1. The number of halogens is 1. The smallest absolute Gasteiger partial charge is 0.171 e. The summed E-state index contributed by atoms with van der Waals surface area (Å²) in [7, 11) is 0. The van der Waals surface area contributed by atoms with E-state index in [0.717, 1.165) is 5.56 Å². The summed E-state index contributed by atoms with van der Waals surface area (Å²) in [4.78, 5) is 1.93. The van der Waals surface area contributed by atoms with Gasteiger partial charge >= 0.3 is 0 Å². The predicted octanol–water partition coefficient (Wildman–Crippen LogP) is 1.74. The van der Waals surface area contributed by atoms with E-state index >= 15 is 0 Å². The quantitative estimate of drug-likeness (QED) is 0.933. The molecule has 2 heterocycles. The topological polar surface area (TPSA) is 67.1 Å². The molecule has 0 radical (unpaired) electrons. The third-order valence-corrected chi connectivity index (χ3v) is 4.13. The van der Waals surface area contributed by atoms with Gasteiger partial charge in [-0.3, -0.25) is 0 Å². The Kier molecular flexibility index (Phi) is 4.06. The second-order valence-electron chi connectivity index (χ2n) is 7.06. The van der Waals surface area contributed by atoms with Gasteiger partial charge in [-0.2, -0.15) is 0 Å². The van der Waals surface area contributed by atoms with Crippen molar-refractivity contribution >= 4 is 5.69 Å². The number of para-hydroxylation sites is 1.